The quantitative estimate of drug-likeness (QED) is 0.678. The summed E-state index contributed by atoms with van der Waals surface area (Å²) in [5.41, 5.74) is 1.50. The SMILES string of the molecule is C=C[C@](C)(O)CC[C@@H]1C(=C)CC[C@H]2C(C)(C)CCC[C@]12C. The van der Waals surface area contributed by atoms with E-state index in [1.165, 1.54) is 37.7 Å². The second kappa shape index (κ2) is 5.57. The van der Waals surface area contributed by atoms with Crippen LogP contribution in [0.25, 0.3) is 0 Å². The lowest BCUT2D eigenvalue weighted by Crippen LogP contribution is -2.49. The van der Waals surface area contributed by atoms with Crippen LogP contribution in [0, 0.1) is 22.7 Å². The third-order valence-corrected chi connectivity index (χ3v) is 6.70. The van der Waals surface area contributed by atoms with E-state index < -0.39 is 5.60 Å². The van der Waals surface area contributed by atoms with E-state index in [0.717, 1.165) is 18.8 Å². The minimum Gasteiger partial charge on any atom is -0.386 e. The molecule has 1 nitrogen and oxygen atoms in total. The van der Waals surface area contributed by atoms with Gasteiger partial charge in [0.05, 0.1) is 5.60 Å². The van der Waals surface area contributed by atoms with Crippen molar-refractivity contribution in [3.05, 3.63) is 24.8 Å². The molecule has 1 heteroatoms. The molecule has 0 aromatic heterocycles. The molecule has 0 radical (unpaired) electrons. The summed E-state index contributed by atoms with van der Waals surface area (Å²) in [6.07, 6.45) is 10.0. The highest BCUT2D eigenvalue weighted by molar-refractivity contribution is 5.16. The summed E-state index contributed by atoms with van der Waals surface area (Å²) < 4.78 is 0. The smallest absolute Gasteiger partial charge is 0.0797 e. The molecular formula is C20H34O. The minimum absolute atomic E-state index is 0.369. The van der Waals surface area contributed by atoms with Crippen molar-refractivity contribution in [1.82, 2.24) is 0 Å². The molecule has 2 saturated carbocycles. The molecule has 0 amide bonds. The zero-order valence-electron chi connectivity index (χ0n) is 14.5. The average Bonchev–Trinajstić information content (AvgIpc) is 2.36. The average molecular weight is 290 g/mol. The van der Waals surface area contributed by atoms with Gasteiger partial charge >= 0.3 is 0 Å². The molecule has 0 aromatic carbocycles. The first-order chi connectivity index (χ1) is 9.62. The van der Waals surface area contributed by atoms with E-state index in [0.29, 0.717) is 16.7 Å². The van der Waals surface area contributed by atoms with Crippen LogP contribution in [-0.2, 0) is 0 Å². The van der Waals surface area contributed by atoms with Gasteiger partial charge in [0.25, 0.3) is 0 Å². The van der Waals surface area contributed by atoms with E-state index in [2.05, 4.69) is 33.9 Å². The third kappa shape index (κ3) is 3.13. The first-order valence-electron chi connectivity index (χ1n) is 8.66. The van der Waals surface area contributed by atoms with E-state index in [-0.39, 0.29) is 0 Å². The molecule has 0 saturated heterocycles. The van der Waals surface area contributed by atoms with Gasteiger partial charge in [0.2, 0.25) is 0 Å². The van der Waals surface area contributed by atoms with Crippen molar-refractivity contribution < 1.29 is 5.11 Å². The van der Waals surface area contributed by atoms with Gasteiger partial charge in [-0.25, -0.2) is 0 Å². The lowest BCUT2D eigenvalue weighted by molar-refractivity contribution is -0.0583. The van der Waals surface area contributed by atoms with E-state index in [1.807, 2.05) is 6.92 Å². The Morgan fingerprint density at radius 2 is 2.00 bits per heavy atom. The van der Waals surface area contributed by atoms with E-state index in [4.69, 9.17) is 0 Å². The number of aliphatic hydroxyl groups is 1. The summed E-state index contributed by atoms with van der Waals surface area (Å²) in [5, 5.41) is 10.3. The Hall–Kier alpha value is -0.560. The Balaban J connectivity index is 2.21. The standard InChI is InChI=1S/C20H34O/c1-7-19(5,21)14-11-16-15(2)9-10-17-18(3,4)12-8-13-20(16,17)6/h7,16-17,21H,1-2,8-14H2,3-6H3/t16-,17+,19+,20-/m1/s1. The van der Waals surface area contributed by atoms with Gasteiger partial charge in [-0.2, -0.15) is 0 Å². The second-order valence-corrected chi connectivity index (χ2v) is 8.75. The molecule has 0 spiro atoms. The van der Waals surface area contributed by atoms with Crippen LogP contribution < -0.4 is 0 Å². The largest absolute Gasteiger partial charge is 0.386 e. The molecule has 2 fully saturated rings. The predicted octanol–water partition coefficient (Wildman–Crippen LogP) is 5.50. The Morgan fingerprint density at radius 1 is 1.33 bits per heavy atom. The van der Waals surface area contributed by atoms with Gasteiger partial charge in [-0.05, 0) is 68.1 Å². The van der Waals surface area contributed by atoms with Gasteiger partial charge in [-0.3, -0.25) is 0 Å². The Labute approximate surface area is 131 Å². The Kier molecular flexibility index (Phi) is 4.46. The summed E-state index contributed by atoms with van der Waals surface area (Å²) >= 11 is 0. The zero-order chi connectivity index (χ0) is 15.9. The van der Waals surface area contributed by atoms with E-state index >= 15 is 0 Å². The van der Waals surface area contributed by atoms with Gasteiger partial charge in [0.1, 0.15) is 0 Å². The van der Waals surface area contributed by atoms with Crippen molar-refractivity contribution in [1.29, 1.82) is 0 Å². The van der Waals surface area contributed by atoms with Gasteiger partial charge in [-0.1, -0.05) is 45.4 Å². The number of rotatable bonds is 4. The van der Waals surface area contributed by atoms with Crippen molar-refractivity contribution in [2.24, 2.45) is 22.7 Å². The molecule has 0 aliphatic heterocycles. The summed E-state index contributed by atoms with van der Waals surface area (Å²) in [6, 6.07) is 0. The fourth-order valence-corrected chi connectivity index (χ4v) is 5.35. The van der Waals surface area contributed by atoms with Crippen LogP contribution in [0.4, 0.5) is 0 Å². The highest BCUT2D eigenvalue weighted by atomic mass is 16.3. The van der Waals surface area contributed by atoms with E-state index in [1.54, 1.807) is 6.08 Å². The van der Waals surface area contributed by atoms with Crippen LogP contribution in [0.15, 0.2) is 24.8 Å². The summed E-state index contributed by atoms with van der Waals surface area (Å²) in [4.78, 5) is 0. The number of hydrogen-bond acceptors (Lipinski definition) is 1. The Bertz CT molecular complexity index is 418. The van der Waals surface area contributed by atoms with Crippen LogP contribution >= 0.6 is 0 Å². The number of fused-ring (bicyclic) bond motifs is 1. The highest BCUT2D eigenvalue weighted by Crippen LogP contribution is 2.61. The molecule has 0 bridgehead atoms. The maximum Gasteiger partial charge on any atom is 0.0797 e. The summed E-state index contributed by atoms with van der Waals surface area (Å²) in [6.45, 7) is 17.4. The number of allylic oxidation sites excluding steroid dienone is 1. The monoisotopic (exact) mass is 290 g/mol. The molecule has 1 N–H and O–H groups in total. The second-order valence-electron chi connectivity index (χ2n) is 8.75. The normalized spacial score (nSPS) is 38.4. The Morgan fingerprint density at radius 3 is 2.62 bits per heavy atom. The van der Waals surface area contributed by atoms with Crippen molar-refractivity contribution in [2.75, 3.05) is 0 Å². The zero-order valence-corrected chi connectivity index (χ0v) is 14.5. The van der Waals surface area contributed by atoms with Crippen molar-refractivity contribution in [3.8, 4) is 0 Å². The molecule has 2 aliphatic carbocycles. The van der Waals surface area contributed by atoms with E-state index in [9.17, 15) is 5.11 Å². The van der Waals surface area contributed by atoms with Crippen LogP contribution in [0.1, 0.15) is 72.6 Å². The molecule has 0 aromatic rings. The lowest BCUT2D eigenvalue weighted by Gasteiger charge is -2.58. The van der Waals surface area contributed by atoms with Crippen LogP contribution in [0.5, 0.6) is 0 Å². The molecule has 120 valence electrons. The molecular weight excluding hydrogens is 256 g/mol. The van der Waals surface area contributed by atoms with Crippen molar-refractivity contribution in [2.45, 2.75) is 78.2 Å². The fourth-order valence-electron chi connectivity index (χ4n) is 5.35. The maximum absolute atomic E-state index is 10.3. The predicted molar refractivity (Wildman–Crippen MR) is 91.1 cm³/mol. The molecule has 4 atom stereocenters. The van der Waals surface area contributed by atoms with Gasteiger partial charge in [-0.15, -0.1) is 6.58 Å². The third-order valence-electron chi connectivity index (χ3n) is 6.70. The van der Waals surface area contributed by atoms with Crippen LogP contribution in [0.2, 0.25) is 0 Å². The first-order valence-corrected chi connectivity index (χ1v) is 8.66. The van der Waals surface area contributed by atoms with Gasteiger partial charge in [0.15, 0.2) is 0 Å². The van der Waals surface area contributed by atoms with Crippen LogP contribution in [0.3, 0.4) is 0 Å². The van der Waals surface area contributed by atoms with Crippen molar-refractivity contribution >= 4 is 0 Å². The highest BCUT2D eigenvalue weighted by Gasteiger charge is 2.52. The lowest BCUT2D eigenvalue weighted by atomic mass is 9.47. The molecule has 2 rings (SSSR count). The first kappa shape index (κ1) is 16.8. The van der Waals surface area contributed by atoms with Gasteiger partial charge < -0.3 is 5.11 Å². The summed E-state index contributed by atoms with van der Waals surface area (Å²) in [7, 11) is 0. The molecule has 0 unspecified atom stereocenters. The fraction of sp³-hybridized carbons (Fsp3) is 0.800. The molecule has 0 heterocycles. The number of hydrogen-bond donors (Lipinski definition) is 1. The maximum atomic E-state index is 10.3. The van der Waals surface area contributed by atoms with Crippen LogP contribution in [-0.4, -0.2) is 10.7 Å². The minimum atomic E-state index is -0.742. The molecule has 21 heavy (non-hydrogen) atoms. The topological polar surface area (TPSA) is 20.2 Å². The van der Waals surface area contributed by atoms with Crippen molar-refractivity contribution in [3.63, 3.8) is 0 Å². The summed E-state index contributed by atoms with van der Waals surface area (Å²) in [5.74, 6) is 1.35. The van der Waals surface area contributed by atoms with Gasteiger partial charge in [0, 0.05) is 0 Å². The molecule has 2 aliphatic rings.